The SMILES string of the molecule is O=[N+]([O-])c1cc(-n2ccc(CO)n2)cc([N+](=O)[O-])c1. The fraction of sp³-hybridized carbons (Fsp3) is 0.100. The van der Waals surface area contributed by atoms with E-state index in [-0.39, 0.29) is 12.3 Å². The highest BCUT2D eigenvalue weighted by Gasteiger charge is 2.17. The lowest BCUT2D eigenvalue weighted by molar-refractivity contribution is -0.394. The molecule has 0 aliphatic heterocycles. The van der Waals surface area contributed by atoms with E-state index < -0.39 is 21.2 Å². The van der Waals surface area contributed by atoms with Gasteiger partial charge < -0.3 is 5.11 Å². The van der Waals surface area contributed by atoms with Crippen molar-refractivity contribution in [2.24, 2.45) is 0 Å². The molecule has 1 N–H and O–H groups in total. The average Bonchev–Trinajstić information content (AvgIpc) is 2.86. The van der Waals surface area contributed by atoms with Crippen molar-refractivity contribution in [3.8, 4) is 5.69 Å². The third-order valence-corrected chi connectivity index (χ3v) is 2.38. The molecule has 1 aromatic heterocycles. The van der Waals surface area contributed by atoms with Crippen LogP contribution in [0.4, 0.5) is 11.4 Å². The number of non-ortho nitro benzene ring substituents is 2. The summed E-state index contributed by atoms with van der Waals surface area (Å²) in [5, 5.41) is 34.3. The van der Waals surface area contributed by atoms with E-state index in [4.69, 9.17) is 5.11 Å². The first kappa shape index (κ1) is 12.6. The van der Waals surface area contributed by atoms with Gasteiger partial charge in [0.25, 0.3) is 11.4 Å². The van der Waals surface area contributed by atoms with E-state index >= 15 is 0 Å². The molecule has 0 bridgehead atoms. The maximum atomic E-state index is 10.7. The molecule has 9 nitrogen and oxygen atoms in total. The smallest absolute Gasteiger partial charge is 0.278 e. The Hall–Kier alpha value is -2.81. The number of aromatic nitrogens is 2. The zero-order chi connectivity index (χ0) is 14.0. The van der Waals surface area contributed by atoms with Gasteiger partial charge in [0.2, 0.25) is 0 Å². The van der Waals surface area contributed by atoms with Crippen LogP contribution in [-0.4, -0.2) is 24.7 Å². The van der Waals surface area contributed by atoms with Gasteiger partial charge in [0, 0.05) is 18.3 Å². The molecule has 0 saturated carbocycles. The lowest BCUT2D eigenvalue weighted by atomic mass is 10.2. The Morgan fingerprint density at radius 1 is 1.16 bits per heavy atom. The molecule has 1 heterocycles. The number of nitro benzene ring substituents is 2. The Bertz CT molecular complexity index is 619. The van der Waals surface area contributed by atoms with Crippen molar-refractivity contribution in [3.05, 3.63) is 56.4 Å². The second-order valence-electron chi connectivity index (χ2n) is 3.63. The number of aliphatic hydroxyl groups excluding tert-OH is 1. The third-order valence-electron chi connectivity index (χ3n) is 2.38. The van der Waals surface area contributed by atoms with Crippen molar-refractivity contribution in [1.82, 2.24) is 9.78 Å². The van der Waals surface area contributed by atoms with Crippen LogP contribution in [0.25, 0.3) is 5.69 Å². The highest BCUT2D eigenvalue weighted by atomic mass is 16.6. The topological polar surface area (TPSA) is 124 Å². The van der Waals surface area contributed by atoms with Gasteiger partial charge in [-0.05, 0) is 6.07 Å². The molecule has 9 heteroatoms. The summed E-state index contributed by atoms with van der Waals surface area (Å²) in [6.45, 7) is -0.288. The monoisotopic (exact) mass is 264 g/mol. The van der Waals surface area contributed by atoms with Gasteiger partial charge in [0.05, 0.1) is 33.9 Å². The molecule has 0 aliphatic carbocycles. The fourth-order valence-corrected chi connectivity index (χ4v) is 1.51. The lowest BCUT2D eigenvalue weighted by Crippen LogP contribution is -2.00. The van der Waals surface area contributed by atoms with Crippen molar-refractivity contribution in [2.75, 3.05) is 0 Å². The van der Waals surface area contributed by atoms with Crippen LogP contribution in [0.15, 0.2) is 30.5 Å². The molecule has 0 unspecified atom stereocenters. The van der Waals surface area contributed by atoms with Gasteiger partial charge in [0.15, 0.2) is 0 Å². The van der Waals surface area contributed by atoms with E-state index in [0.29, 0.717) is 5.69 Å². The van der Waals surface area contributed by atoms with E-state index in [1.54, 1.807) is 0 Å². The maximum Gasteiger partial charge on any atom is 0.278 e. The summed E-state index contributed by atoms with van der Waals surface area (Å²) in [4.78, 5) is 20.0. The Morgan fingerprint density at radius 2 is 1.74 bits per heavy atom. The van der Waals surface area contributed by atoms with E-state index in [2.05, 4.69) is 5.10 Å². The van der Waals surface area contributed by atoms with E-state index in [0.717, 1.165) is 6.07 Å². The van der Waals surface area contributed by atoms with Gasteiger partial charge in [-0.25, -0.2) is 4.68 Å². The minimum Gasteiger partial charge on any atom is -0.390 e. The van der Waals surface area contributed by atoms with Crippen LogP contribution in [0.5, 0.6) is 0 Å². The normalized spacial score (nSPS) is 10.4. The number of hydrogen-bond donors (Lipinski definition) is 1. The van der Waals surface area contributed by atoms with Crippen molar-refractivity contribution in [1.29, 1.82) is 0 Å². The second kappa shape index (κ2) is 4.82. The molecule has 2 aromatic rings. The van der Waals surface area contributed by atoms with Gasteiger partial charge >= 0.3 is 0 Å². The molecule has 0 atom stereocenters. The fourth-order valence-electron chi connectivity index (χ4n) is 1.51. The third kappa shape index (κ3) is 2.55. The molecule has 0 saturated heterocycles. The predicted molar refractivity (Wildman–Crippen MR) is 62.8 cm³/mol. The molecular weight excluding hydrogens is 256 g/mol. The quantitative estimate of drug-likeness (QED) is 0.653. The average molecular weight is 264 g/mol. The van der Waals surface area contributed by atoms with Crippen LogP contribution in [0, 0.1) is 20.2 Å². The zero-order valence-corrected chi connectivity index (χ0v) is 9.46. The van der Waals surface area contributed by atoms with Crippen LogP contribution in [-0.2, 0) is 6.61 Å². The molecule has 0 spiro atoms. The van der Waals surface area contributed by atoms with Crippen LogP contribution < -0.4 is 0 Å². The van der Waals surface area contributed by atoms with Gasteiger partial charge in [-0.1, -0.05) is 0 Å². The van der Waals surface area contributed by atoms with Crippen molar-refractivity contribution < 1.29 is 15.0 Å². The number of nitro groups is 2. The van der Waals surface area contributed by atoms with Crippen LogP contribution in [0.3, 0.4) is 0 Å². The van der Waals surface area contributed by atoms with Crippen LogP contribution in [0.1, 0.15) is 5.69 Å². The summed E-state index contributed by atoms with van der Waals surface area (Å²) in [6.07, 6.45) is 1.45. The van der Waals surface area contributed by atoms with Gasteiger partial charge in [-0.2, -0.15) is 5.10 Å². The summed E-state index contributed by atoms with van der Waals surface area (Å²) in [5.41, 5.74) is -0.259. The summed E-state index contributed by atoms with van der Waals surface area (Å²) < 4.78 is 1.23. The summed E-state index contributed by atoms with van der Waals surface area (Å²) in [7, 11) is 0. The van der Waals surface area contributed by atoms with Crippen molar-refractivity contribution in [2.45, 2.75) is 6.61 Å². The molecule has 19 heavy (non-hydrogen) atoms. The first-order chi connectivity index (χ1) is 9.01. The van der Waals surface area contributed by atoms with Gasteiger partial charge in [-0.15, -0.1) is 0 Å². The molecule has 0 aliphatic rings. The Balaban J connectivity index is 2.55. The Labute approximate surface area is 106 Å². The Kier molecular flexibility index (Phi) is 3.21. The van der Waals surface area contributed by atoms with Gasteiger partial charge in [0.1, 0.15) is 0 Å². The highest BCUT2D eigenvalue weighted by molar-refractivity contribution is 5.52. The second-order valence-corrected chi connectivity index (χ2v) is 3.63. The van der Waals surface area contributed by atoms with Gasteiger partial charge in [-0.3, -0.25) is 20.2 Å². The largest absolute Gasteiger partial charge is 0.390 e. The standard InChI is InChI=1S/C10H8N4O5/c15-6-7-1-2-12(11-7)8-3-9(13(16)17)5-10(4-8)14(18)19/h1-5,15H,6H2. The minimum atomic E-state index is -0.715. The summed E-state index contributed by atoms with van der Waals surface area (Å²) >= 11 is 0. The number of nitrogens with zero attached hydrogens (tertiary/aromatic N) is 4. The number of benzene rings is 1. The first-order valence-electron chi connectivity index (χ1n) is 5.11. The van der Waals surface area contributed by atoms with Crippen molar-refractivity contribution in [3.63, 3.8) is 0 Å². The summed E-state index contributed by atoms with van der Waals surface area (Å²) in [5.74, 6) is 0. The number of aliphatic hydroxyl groups is 1. The lowest BCUT2D eigenvalue weighted by Gasteiger charge is -2.01. The van der Waals surface area contributed by atoms with Crippen LogP contribution in [0.2, 0.25) is 0 Å². The molecule has 0 amide bonds. The number of hydrogen-bond acceptors (Lipinski definition) is 6. The highest BCUT2D eigenvalue weighted by Crippen LogP contribution is 2.24. The maximum absolute atomic E-state index is 10.7. The molecule has 1 aromatic carbocycles. The van der Waals surface area contributed by atoms with Crippen molar-refractivity contribution >= 4 is 11.4 Å². The molecule has 0 fully saturated rings. The minimum absolute atomic E-state index is 0.181. The zero-order valence-electron chi connectivity index (χ0n) is 9.46. The van der Waals surface area contributed by atoms with E-state index in [1.807, 2.05) is 0 Å². The van der Waals surface area contributed by atoms with E-state index in [1.165, 1.54) is 29.1 Å². The number of rotatable bonds is 4. The Morgan fingerprint density at radius 3 is 2.16 bits per heavy atom. The van der Waals surface area contributed by atoms with Crippen LogP contribution >= 0.6 is 0 Å². The molecular formula is C10H8N4O5. The first-order valence-corrected chi connectivity index (χ1v) is 5.11. The summed E-state index contributed by atoms with van der Waals surface area (Å²) in [6, 6.07) is 4.72. The van der Waals surface area contributed by atoms with E-state index in [9.17, 15) is 20.2 Å². The molecule has 98 valence electrons. The molecule has 2 rings (SSSR count). The molecule has 0 radical (unpaired) electrons. The predicted octanol–water partition coefficient (Wildman–Crippen LogP) is 1.18.